The minimum atomic E-state index is -0.532. The predicted molar refractivity (Wildman–Crippen MR) is 113 cm³/mol. The van der Waals surface area contributed by atoms with Crippen LogP contribution in [-0.4, -0.2) is 35.2 Å². The fourth-order valence-electron chi connectivity index (χ4n) is 2.37. The maximum atomic E-state index is 11.8. The maximum Gasteiger partial charge on any atom is 0.277 e. The van der Waals surface area contributed by atoms with E-state index in [1.165, 1.54) is 30.0 Å². The summed E-state index contributed by atoms with van der Waals surface area (Å²) >= 11 is 9.81. The second-order valence-corrected chi connectivity index (χ2v) is 8.82. The maximum absolute atomic E-state index is 11.8. The molecule has 28 heavy (non-hydrogen) atoms. The van der Waals surface area contributed by atoms with Gasteiger partial charge in [0.1, 0.15) is 5.75 Å². The Kier molecular flexibility index (Phi) is 7.18. The zero-order valence-corrected chi connectivity index (χ0v) is 16.9. The summed E-state index contributed by atoms with van der Waals surface area (Å²) in [7, 11) is 0. The van der Waals surface area contributed by atoms with Crippen LogP contribution in [0.5, 0.6) is 5.75 Å². The molecule has 146 valence electrons. The number of nitrogens with one attached hydrogen (secondary N) is 1. The Morgan fingerprint density at radius 3 is 2.68 bits per heavy atom. The van der Waals surface area contributed by atoms with Crippen molar-refractivity contribution in [1.29, 1.82) is 0 Å². The van der Waals surface area contributed by atoms with Gasteiger partial charge in [-0.1, -0.05) is 23.7 Å². The van der Waals surface area contributed by atoms with Gasteiger partial charge in [-0.15, -0.1) is 23.5 Å². The second kappa shape index (κ2) is 9.81. The molecule has 1 N–H and O–H groups in total. The molecule has 1 heterocycles. The van der Waals surface area contributed by atoms with E-state index in [4.69, 9.17) is 16.3 Å². The zero-order valence-electron chi connectivity index (χ0n) is 14.5. The Morgan fingerprint density at radius 2 is 2.00 bits per heavy atom. The van der Waals surface area contributed by atoms with Crippen molar-refractivity contribution >= 4 is 52.9 Å². The van der Waals surface area contributed by atoms with Gasteiger partial charge >= 0.3 is 0 Å². The fourth-order valence-corrected chi connectivity index (χ4v) is 5.40. The minimum absolute atomic E-state index is 0.113. The average Bonchev–Trinajstić information content (AvgIpc) is 3.23. The molecule has 2 aromatic carbocycles. The normalized spacial score (nSPS) is 14.3. The highest BCUT2D eigenvalue weighted by atomic mass is 35.5. The Morgan fingerprint density at radius 1 is 1.29 bits per heavy atom. The van der Waals surface area contributed by atoms with Crippen molar-refractivity contribution in [2.45, 2.75) is 4.58 Å². The van der Waals surface area contributed by atoms with E-state index in [9.17, 15) is 14.9 Å². The van der Waals surface area contributed by atoms with Crippen molar-refractivity contribution < 1.29 is 14.5 Å². The molecule has 0 bridgehead atoms. The smallest absolute Gasteiger partial charge is 0.277 e. The van der Waals surface area contributed by atoms with Gasteiger partial charge in [0.25, 0.3) is 11.6 Å². The molecule has 0 radical (unpaired) electrons. The van der Waals surface area contributed by atoms with E-state index in [1.54, 1.807) is 0 Å². The van der Waals surface area contributed by atoms with Crippen molar-refractivity contribution in [3.8, 4) is 5.75 Å². The van der Waals surface area contributed by atoms with E-state index in [2.05, 4.69) is 10.5 Å². The van der Waals surface area contributed by atoms with Crippen molar-refractivity contribution in [1.82, 2.24) is 5.43 Å². The zero-order chi connectivity index (χ0) is 19.9. The molecule has 1 saturated heterocycles. The first-order valence-corrected chi connectivity index (χ1v) is 10.7. The van der Waals surface area contributed by atoms with Gasteiger partial charge in [0.05, 0.1) is 15.7 Å². The summed E-state index contributed by atoms with van der Waals surface area (Å²) < 4.78 is 5.91. The van der Waals surface area contributed by atoms with E-state index in [0.717, 1.165) is 11.5 Å². The number of benzene rings is 2. The third-order valence-corrected chi connectivity index (χ3v) is 7.18. The van der Waals surface area contributed by atoms with Crippen LogP contribution in [0, 0.1) is 10.1 Å². The van der Waals surface area contributed by atoms with Crippen LogP contribution in [0.15, 0.2) is 47.6 Å². The third kappa shape index (κ3) is 5.63. The molecule has 1 amide bonds. The highest BCUT2D eigenvalue weighted by Gasteiger charge is 2.18. The summed E-state index contributed by atoms with van der Waals surface area (Å²) in [5.74, 6) is 2.47. The molecule has 10 heteroatoms. The van der Waals surface area contributed by atoms with Crippen molar-refractivity contribution in [3.63, 3.8) is 0 Å². The lowest BCUT2D eigenvalue weighted by Gasteiger charge is -2.10. The standard InChI is InChI=1S/C18H16ClN3O4S2/c19-16-6-3-14(22(24)25)9-13(16)10-20-21-17(23)11-26-15-4-1-12(2-5-15)18-27-7-8-28-18/h1-6,9-10,18H,7-8,11H2,(H,21,23)/b20-10-. The summed E-state index contributed by atoms with van der Waals surface area (Å²) in [6.07, 6.45) is 1.25. The first-order valence-electron chi connectivity index (χ1n) is 8.25. The molecule has 1 aliphatic rings. The lowest BCUT2D eigenvalue weighted by atomic mass is 10.2. The molecule has 0 atom stereocenters. The molecule has 3 rings (SSSR count). The first-order chi connectivity index (χ1) is 13.5. The number of hydrogen-bond donors (Lipinski definition) is 1. The van der Waals surface area contributed by atoms with Crippen LogP contribution in [0.3, 0.4) is 0 Å². The number of rotatable bonds is 7. The minimum Gasteiger partial charge on any atom is -0.484 e. The predicted octanol–water partition coefficient (Wildman–Crippen LogP) is 4.26. The second-order valence-electron chi connectivity index (χ2n) is 5.69. The van der Waals surface area contributed by atoms with Crippen LogP contribution in [0.1, 0.15) is 15.7 Å². The Bertz CT molecular complexity index is 887. The SMILES string of the molecule is O=C(COc1ccc(C2SCCS2)cc1)N/N=C\c1cc([N+](=O)[O-])ccc1Cl. The first kappa shape index (κ1) is 20.5. The Labute approximate surface area is 175 Å². The van der Waals surface area contributed by atoms with Gasteiger partial charge in [0, 0.05) is 34.2 Å². The highest BCUT2D eigenvalue weighted by molar-refractivity contribution is 8.19. The molecule has 2 aromatic rings. The molecule has 0 aromatic heterocycles. The van der Waals surface area contributed by atoms with Crippen molar-refractivity contribution in [2.75, 3.05) is 18.1 Å². The number of halogens is 1. The lowest BCUT2D eigenvalue weighted by molar-refractivity contribution is -0.384. The number of amides is 1. The number of hydrazone groups is 1. The molecule has 7 nitrogen and oxygen atoms in total. The number of hydrogen-bond acceptors (Lipinski definition) is 7. The largest absolute Gasteiger partial charge is 0.484 e. The number of nitro benzene ring substituents is 1. The summed E-state index contributed by atoms with van der Waals surface area (Å²) in [4.78, 5) is 22.1. The van der Waals surface area contributed by atoms with Gasteiger partial charge in [0.15, 0.2) is 6.61 Å². The number of carbonyl (C=O) groups is 1. The van der Waals surface area contributed by atoms with Gasteiger partial charge in [-0.3, -0.25) is 14.9 Å². The van der Waals surface area contributed by atoms with Crippen molar-refractivity contribution in [3.05, 3.63) is 68.7 Å². The van der Waals surface area contributed by atoms with Crippen LogP contribution in [0.4, 0.5) is 5.69 Å². The van der Waals surface area contributed by atoms with E-state index in [1.807, 2.05) is 47.8 Å². The molecule has 0 saturated carbocycles. The summed E-state index contributed by atoms with van der Waals surface area (Å²) in [6.45, 7) is -0.202. The summed E-state index contributed by atoms with van der Waals surface area (Å²) in [5.41, 5.74) is 3.76. The Hall–Kier alpha value is -2.23. The van der Waals surface area contributed by atoms with E-state index in [-0.39, 0.29) is 12.3 Å². The number of non-ortho nitro benzene ring substituents is 1. The summed E-state index contributed by atoms with van der Waals surface area (Å²) in [6, 6.07) is 11.7. The van der Waals surface area contributed by atoms with Gasteiger partial charge in [-0.05, 0) is 23.8 Å². The fraction of sp³-hybridized carbons (Fsp3) is 0.222. The number of carbonyl (C=O) groups excluding carboxylic acids is 1. The number of ether oxygens (including phenoxy) is 1. The molecule has 1 fully saturated rings. The number of nitro groups is 1. The van der Waals surface area contributed by atoms with Crippen LogP contribution >= 0.6 is 35.1 Å². The highest BCUT2D eigenvalue weighted by Crippen LogP contribution is 2.45. The van der Waals surface area contributed by atoms with E-state index >= 15 is 0 Å². The van der Waals surface area contributed by atoms with Crippen LogP contribution in [-0.2, 0) is 4.79 Å². The topological polar surface area (TPSA) is 93.8 Å². The third-order valence-electron chi connectivity index (χ3n) is 3.73. The van der Waals surface area contributed by atoms with Crippen molar-refractivity contribution in [2.24, 2.45) is 5.10 Å². The molecular formula is C18H16ClN3O4S2. The van der Waals surface area contributed by atoms with Gasteiger partial charge in [0.2, 0.25) is 0 Å². The molecule has 0 spiro atoms. The quantitative estimate of drug-likeness (QED) is 0.395. The van der Waals surface area contributed by atoms with Gasteiger partial charge in [-0.25, -0.2) is 5.43 Å². The molecule has 1 aliphatic heterocycles. The summed E-state index contributed by atoms with van der Waals surface area (Å²) in [5, 5.41) is 14.8. The van der Waals surface area contributed by atoms with Gasteiger partial charge in [-0.2, -0.15) is 5.10 Å². The average molecular weight is 438 g/mol. The lowest BCUT2D eigenvalue weighted by Crippen LogP contribution is -2.24. The molecule has 0 aliphatic carbocycles. The van der Waals surface area contributed by atoms with Gasteiger partial charge < -0.3 is 4.74 Å². The number of nitrogens with zero attached hydrogens (tertiary/aromatic N) is 2. The van der Waals surface area contributed by atoms with E-state index < -0.39 is 10.8 Å². The van der Waals surface area contributed by atoms with Crippen LogP contribution in [0.25, 0.3) is 0 Å². The van der Waals surface area contributed by atoms with Crippen LogP contribution in [0.2, 0.25) is 5.02 Å². The number of thioether (sulfide) groups is 2. The monoisotopic (exact) mass is 437 g/mol. The van der Waals surface area contributed by atoms with E-state index in [0.29, 0.717) is 20.9 Å². The molecule has 0 unspecified atom stereocenters. The molecular weight excluding hydrogens is 422 g/mol. The van der Waals surface area contributed by atoms with Crippen LogP contribution < -0.4 is 10.2 Å². The Balaban J connectivity index is 1.48.